The monoisotopic (exact) mass is 438 g/mol. The summed E-state index contributed by atoms with van der Waals surface area (Å²) in [5.74, 6) is -0.264. The molecule has 0 N–H and O–H groups in total. The number of carbonyl (C=O) groups is 2. The van der Waals surface area contributed by atoms with Crippen LogP contribution in [0.15, 0.2) is 78.9 Å². The SMILES string of the molecule is CC(=O)N1CCc2c(c3cccc(C(=O)OCc4ccccc4)c3n2Cc2ccccc2)C1. The fraction of sp³-hybridized carbons (Fsp3) is 0.214. The van der Waals surface area contributed by atoms with Gasteiger partial charge in [-0.15, -0.1) is 0 Å². The molecule has 0 spiro atoms. The van der Waals surface area contributed by atoms with E-state index in [4.69, 9.17) is 4.74 Å². The zero-order valence-corrected chi connectivity index (χ0v) is 18.7. The molecule has 5 heteroatoms. The highest BCUT2D eigenvalue weighted by Gasteiger charge is 2.28. The van der Waals surface area contributed by atoms with E-state index >= 15 is 0 Å². The van der Waals surface area contributed by atoms with Crippen molar-refractivity contribution in [2.45, 2.75) is 33.0 Å². The maximum atomic E-state index is 13.2. The van der Waals surface area contributed by atoms with Crippen molar-refractivity contribution in [3.63, 3.8) is 0 Å². The van der Waals surface area contributed by atoms with Crippen molar-refractivity contribution in [3.05, 3.63) is 107 Å². The third kappa shape index (κ3) is 4.14. The Morgan fingerprint density at radius 3 is 2.27 bits per heavy atom. The second kappa shape index (κ2) is 8.94. The number of nitrogens with zero attached hydrogens (tertiary/aromatic N) is 2. The molecule has 1 aromatic heterocycles. The summed E-state index contributed by atoms with van der Waals surface area (Å²) in [5.41, 5.74) is 5.88. The Bertz CT molecular complexity index is 1310. The van der Waals surface area contributed by atoms with E-state index in [1.165, 1.54) is 11.3 Å². The van der Waals surface area contributed by atoms with Gasteiger partial charge in [0.1, 0.15) is 6.61 Å². The van der Waals surface area contributed by atoms with Crippen LogP contribution in [0.2, 0.25) is 0 Å². The summed E-state index contributed by atoms with van der Waals surface area (Å²) in [4.78, 5) is 27.2. The molecule has 5 nitrogen and oxygen atoms in total. The molecule has 0 saturated carbocycles. The van der Waals surface area contributed by atoms with Crippen LogP contribution in [0, 0.1) is 0 Å². The zero-order chi connectivity index (χ0) is 22.8. The van der Waals surface area contributed by atoms with Gasteiger partial charge in [-0.3, -0.25) is 4.79 Å². The molecule has 0 aliphatic carbocycles. The number of aromatic nitrogens is 1. The average molecular weight is 439 g/mol. The van der Waals surface area contributed by atoms with Gasteiger partial charge in [0.2, 0.25) is 5.91 Å². The summed E-state index contributed by atoms with van der Waals surface area (Å²) in [7, 11) is 0. The van der Waals surface area contributed by atoms with Crippen molar-refractivity contribution >= 4 is 22.8 Å². The highest BCUT2D eigenvalue weighted by atomic mass is 16.5. The normalized spacial score (nSPS) is 13.1. The number of hydrogen-bond donors (Lipinski definition) is 0. The summed E-state index contributed by atoms with van der Waals surface area (Å²) < 4.78 is 7.95. The van der Waals surface area contributed by atoms with Gasteiger partial charge in [0.15, 0.2) is 0 Å². The van der Waals surface area contributed by atoms with Crippen LogP contribution >= 0.6 is 0 Å². The van der Waals surface area contributed by atoms with Crippen molar-refractivity contribution in [1.29, 1.82) is 0 Å². The quantitative estimate of drug-likeness (QED) is 0.414. The second-order valence-electron chi connectivity index (χ2n) is 8.45. The van der Waals surface area contributed by atoms with Crippen molar-refractivity contribution < 1.29 is 14.3 Å². The minimum atomic E-state index is -0.336. The molecule has 1 aliphatic rings. The molecule has 5 rings (SSSR count). The summed E-state index contributed by atoms with van der Waals surface area (Å²) in [5, 5.41) is 1.01. The molecule has 0 saturated heterocycles. The van der Waals surface area contributed by atoms with E-state index in [0.29, 0.717) is 25.2 Å². The Hall–Kier alpha value is -3.86. The summed E-state index contributed by atoms with van der Waals surface area (Å²) in [6.07, 6.45) is 0.759. The van der Waals surface area contributed by atoms with Gasteiger partial charge in [-0.2, -0.15) is 0 Å². The fourth-order valence-electron chi connectivity index (χ4n) is 4.68. The van der Waals surface area contributed by atoms with E-state index in [0.717, 1.165) is 28.5 Å². The van der Waals surface area contributed by atoms with Gasteiger partial charge in [-0.05, 0) is 17.2 Å². The Kier molecular flexibility index (Phi) is 5.69. The zero-order valence-electron chi connectivity index (χ0n) is 18.7. The highest BCUT2D eigenvalue weighted by Crippen LogP contribution is 2.34. The predicted octanol–water partition coefficient (Wildman–Crippen LogP) is 4.95. The van der Waals surface area contributed by atoms with Gasteiger partial charge in [0.05, 0.1) is 11.1 Å². The number of carbonyl (C=O) groups excluding carboxylic acids is 2. The molecule has 1 aliphatic heterocycles. The second-order valence-corrected chi connectivity index (χ2v) is 8.45. The van der Waals surface area contributed by atoms with Crippen LogP contribution in [-0.4, -0.2) is 27.9 Å². The minimum absolute atomic E-state index is 0.0723. The molecule has 0 radical (unpaired) electrons. The van der Waals surface area contributed by atoms with E-state index in [-0.39, 0.29) is 18.5 Å². The number of fused-ring (bicyclic) bond motifs is 3. The molecule has 33 heavy (non-hydrogen) atoms. The lowest BCUT2D eigenvalue weighted by Crippen LogP contribution is -2.34. The predicted molar refractivity (Wildman–Crippen MR) is 128 cm³/mol. The average Bonchev–Trinajstić information content (AvgIpc) is 3.17. The lowest BCUT2D eigenvalue weighted by Gasteiger charge is -2.27. The van der Waals surface area contributed by atoms with Crippen LogP contribution in [0.5, 0.6) is 0 Å². The van der Waals surface area contributed by atoms with Crippen molar-refractivity contribution in [2.75, 3.05) is 6.54 Å². The van der Waals surface area contributed by atoms with Crippen LogP contribution < -0.4 is 0 Å². The van der Waals surface area contributed by atoms with Crippen LogP contribution in [0.25, 0.3) is 10.9 Å². The number of ether oxygens (including phenoxy) is 1. The van der Waals surface area contributed by atoms with Crippen LogP contribution in [0.3, 0.4) is 0 Å². The minimum Gasteiger partial charge on any atom is -0.457 e. The van der Waals surface area contributed by atoms with Gasteiger partial charge in [0, 0.05) is 49.6 Å². The molecule has 2 heterocycles. The van der Waals surface area contributed by atoms with Crippen LogP contribution in [0.4, 0.5) is 0 Å². The van der Waals surface area contributed by atoms with Gasteiger partial charge in [0.25, 0.3) is 0 Å². The van der Waals surface area contributed by atoms with Gasteiger partial charge in [-0.25, -0.2) is 4.79 Å². The highest BCUT2D eigenvalue weighted by molar-refractivity contribution is 6.05. The molecule has 0 bridgehead atoms. The number of esters is 1. The molecule has 0 fully saturated rings. The Balaban J connectivity index is 1.58. The first kappa shape index (κ1) is 21.0. The largest absolute Gasteiger partial charge is 0.457 e. The molecule has 166 valence electrons. The Labute approximate surface area is 193 Å². The summed E-state index contributed by atoms with van der Waals surface area (Å²) in [6.45, 7) is 3.75. The molecule has 0 atom stereocenters. The fourth-order valence-corrected chi connectivity index (χ4v) is 4.68. The smallest absolute Gasteiger partial charge is 0.340 e. The maximum absolute atomic E-state index is 13.2. The van der Waals surface area contributed by atoms with Gasteiger partial charge < -0.3 is 14.2 Å². The molecule has 3 aromatic carbocycles. The number of para-hydroxylation sites is 1. The van der Waals surface area contributed by atoms with E-state index in [9.17, 15) is 9.59 Å². The number of rotatable bonds is 5. The lowest BCUT2D eigenvalue weighted by molar-refractivity contribution is -0.129. The van der Waals surface area contributed by atoms with Crippen LogP contribution in [0.1, 0.15) is 39.7 Å². The third-order valence-corrected chi connectivity index (χ3v) is 6.33. The number of benzene rings is 3. The van der Waals surface area contributed by atoms with E-state index in [2.05, 4.69) is 16.7 Å². The topological polar surface area (TPSA) is 51.5 Å². The van der Waals surface area contributed by atoms with Crippen molar-refractivity contribution in [2.24, 2.45) is 0 Å². The van der Waals surface area contributed by atoms with E-state index in [1.54, 1.807) is 6.92 Å². The lowest BCUT2D eigenvalue weighted by atomic mass is 10.0. The Morgan fingerprint density at radius 2 is 1.58 bits per heavy atom. The Morgan fingerprint density at radius 1 is 0.879 bits per heavy atom. The first-order valence-corrected chi connectivity index (χ1v) is 11.3. The molecular formula is C28H26N2O3. The first-order valence-electron chi connectivity index (χ1n) is 11.3. The number of amides is 1. The van der Waals surface area contributed by atoms with Gasteiger partial charge >= 0.3 is 5.97 Å². The summed E-state index contributed by atoms with van der Waals surface area (Å²) >= 11 is 0. The first-order chi connectivity index (χ1) is 16.1. The standard InChI is InChI=1S/C28H26N2O3/c1-20(31)29-16-15-26-25(18-29)23-13-8-14-24(28(32)33-19-22-11-6-3-7-12-22)27(23)30(26)17-21-9-4-2-5-10-21/h2-14H,15-19H2,1H3. The maximum Gasteiger partial charge on any atom is 0.340 e. The molecule has 4 aromatic rings. The summed E-state index contributed by atoms with van der Waals surface area (Å²) in [6, 6.07) is 25.7. The van der Waals surface area contributed by atoms with Crippen LogP contribution in [-0.2, 0) is 35.6 Å². The van der Waals surface area contributed by atoms with Crippen molar-refractivity contribution in [1.82, 2.24) is 9.47 Å². The molecular weight excluding hydrogens is 412 g/mol. The molecule has 1 amide bonds. The molecule has 0 unspecified atom stereocenters. The van der Waals surface area contributed by atoms with Gasteiger partial charge in [-0.1, -0.05) is 72.8 Å². The third-order valence-electron chi connectivity index (χ3n) is 6.33. The van der Waals surface area contributed by atoms with E-state index in [1.807, 2.05) is 71.6 Å². The van der Waals surface area contributed by atoms with E-state index < -0.39 is 0 Å². The number of hydrogen-bond acceptors (Lipinski definition) is 3. The van der Waals surface area contributed by atoms with Crippen molar-refractivity contribution in [3.8, 4) is 0 Å².